The van der Waals surface area contributed by atoms with Crippen LogP contribution < -0.4 is 5.32 Å². The lowest BCUT2D eigenvalue weighted by atomic mass is 9.90. The van der Waals surface area contributed by atoms with E-state index < -0.39 is 17.9 Å². The van der Waals surface area contributed by atoms with Gasteiger partial charge in [-0.3, -0.25) is 14.5 Å². The summed E-state index contributed by atoms with van der Waals surface area (Å²) in [4.78, 5) is 26.6. The third kappa shape index (κ3) is 6.26. The molecule has 7 nitrogen and oxygen atoms in total. The molecule has 0 aromatic carbocycles. The van der Waals surface area contributed by atoms with Crippen LogP contribution in [0.1, 0.15) is 60.3 Å². The molecule has 0 bridgehead atoms. The highest BCUT2D eigenvalue weighted by Gasteiger charge is 2.44. The normalized spacial score (nSPS) is 21.5. The van der Waals surface area contributed by atoms with Crippen LogP contribution in [0.3, 0.4) is 0 Å². The molecule has 1 rings (SSSR count). The molecule has 7 heteroatoms. The van der Waals surface area contributed by atoms with Gasteiger partial charge in [-0.2, -0.15) is 5.26 Å². The molecule has 0 aliphatic carbocycles. The molecule has 0 saturated carbocycles. The molecule has 1 aliphatic rings. The van der Waals surface area contributed by atoms with Crippen LogP contribution in [-0.2, 0) is 19.1 Å². The number of carbonyl (C=O) groups excluding carboxylic acids is 2. The molecule has 0 aromatic rings. The molecule has 4 atom stereocenters. The lowest BCUT2D eigenvalue weighted by molar-refractivity contribution is -0.168. The second kappa shape index (κ2) is 9.89. The zero-order valence-corrected chi connectivity index (χ0v) is 16.9. The Hall–Kier alpha value is -1.65. The Morgan fingerprint density at radius 3 is 2.50 bits per heavy atom. The van der Waals surface area contributed by atoms with Crippen molar-refractivity contribution in [2.45, 2.75) is 84.2 Å². The van der Waals surface area contributed by atoms with Crippen LogP contribution in [0.4, 0.5) is 0 Å². The number of carbonyl (C=O) groups is 2. The van der Waals surface area contributed by atoms with Gasteiger partial charge in [-0.1, -0.05) is 13.3 Å². The van der Waals surface area contributed by atoms with E-state index in [0.29, 0.717) is 13.0 Å². The van der Waals surface area contributed by atoms with E-state index in [-0.39, 0.29) is 23.8 Å². The van der Waals surface area contributed by atoms with Gasteiger partial charge in [0.25, 0.3) is 0 Å². The number of hydrogen-bond acceptors (Lipinski definition) is 6. The second-order valence-electron chi connectivity index (χ2n) is 7.81. The lowest BCUT2D eigenvalue weighted by Crippen LogP contribution is -2.56. The monoisotopic (exact) mass is 367 g/mol. The second-order valence-corrected chi connectivity index (χ2v) is 7.81. The van der Waals surface area contributed by atoms with Gasteiger partial charge in [-0.15, -0.1) is 0 Å². The topological polar surface area (TPSA) is 91.7 Å². The standard InChI is InChI=1S/C19H33N3O4/c1-7-9-15(17(25-6)21-13(2)23)16(18(24)26-19(3,4)5)22-11-8-10-14(22)12-20/h14-17H,7-11H2,1-6H3,(H,21,23). The fourth-order valence-corrected chi connectivity index (χ4v) is 3.53. The summed E-state index contributed by atoms with van der Waals surface area (Å²) in [6.07, 6.45) is 2.44. The highest BCUT2D eigenvalue weighted by Crippen LogP contribution is 2.30. The first-order valence-corrected chi connectivity index (χ1v) is 9.32. The van der Waals surface area contributed by atoms with Crippen LogP contribution in [0.15, 0.2) is 0 Å². The molecule has 1 heterocycles. The predicted octanol–water partition coefficient (Wildman–Crippen LogP) is 2.21. The van der Waals surface area contributed by atoms with Gasteiger partial charge in [0.15, 0.2) is 0 Å². The third-order valence-corrected chi connectivity index (χ3v) is 4.46. The number of nitrogens with zero attached hydrogens (tertiary/aromatic N) is 2. The Balaban J connectivity index is 3.26. The van der Waals surface area contributed by atoms with Crippen LogP contribution in [-0.4, -0.2) is 54.3 Å². The number of hydrogen-bond donors (Lipinski definition) is 1. The number of likely N-dealkylation sites (tertiary alicyclic amines) is 1. The van der Waals surface area contributed by atoms with Gasteiger partial charge in [0.1, 0.15) is 17.9 Å². The van der Waals surface area contributed by atoms with Crippen molar-refractivity contribution in [3.05, 3.63) is 0 Å². The molecule has 0 aromatic heterocycles. The molecule has 4 unspecified atom stereocenters. The molecule has 0 spiro atoms. The maximum Gasteiger partial charge on any atom is 0.324 e. The summed E-state index contributed by atoms with van der Waals surface area (Å²) in [6.45, 7) is 9.56. The Bertz CT molecular complexity index is 524. The molecule has 1 amide bonds. The first-order valence-electron chi connectivity index (χ1n) is 9.32. The molecule has 1 fully saturated rings. The van der Waals surface area contributed by atoms with Gasteiger partial charge in [0, 0.05) is 26.5 Å². The average Bonchev–Trinajstić information content (AvgIpc) is 2.98. The van der Waals surface area contributed by atoms with E-state index in [1.165, 1.54) is 14.0 Å². The third-order valence-electron chi connectivity index (χ3n) is 4.46. The fourth-order valence-electron chi connectivity index (χ4n) is 3.53. The number of ether oxygens (including phenoxy) is 2. The predicted molar refractivity (Wildman–Crippen MR) is 98.0 cm³/mol. The Kier molecular flexibility index (Phi) is 8.51. The van der Waals surface area contributed by atoms with E-state index in [0.717, 1.165) is 19.3 Å². The highest BCUT2D eigenvalue weighted by molar-refractivity contribution is 5.77. The van der Waals surface area contributed by atoms with E-state index in [4.69, 9.17) is 9.47 Å². The largest absolute Gasteiger partial charge is 0.459 e. The van der Waals surface area contributed by atoms with Gasteiger partial charge in [-0.25, -0.2) is 0 Å². The molecule has 148 valence electrons. The van der Waals surface area contributed by atoms with E-state index in [9.17, 15) is 14.9 Å². The first-order chi connectivity index (χ1) is 12.1. The molecule has 1 saturated heterocycles. The van der Waals surface area contributed by atoms with Crippen LogP contribution in [0.25, 0.3) is 0 Å². The highest BCUT2D eigenvalue weighted by atomic mass is 16.6. The summed E-state index contributed by atoms with van der Waals surface area (Å²) in [5.41, 5.74) is -0.634. The average molecular weight is 367 g/mol. The van der Waals surface area contributed by atoms with Crippen LogP contribution >= 0.6 is 0 Å². The number of nitrogens with one attached hydrogen (secondary N) is 1. The minimum Gasteiger partial charge on any atom is -0.459 e. The minimum absolute atomic E-state index is 0.223. The first kappa shape index (κ1) is 22.4. The molecule has 0 radical (unpaired) electrons. The summed E-state index contributed by atoms with van der Waals surface area (Å²) in [6, 6.07) is 1.32. The lowest BCUT2D eigenvalue weighted by Gasteiger charge is -2.39. The summed E-state index contributed by atoms with van der Waals surface area (Å²) >= 11 is 0. The SMILES string of the molecule is CCCC(C(NC(C)=O)OC)C(C(=O)OC(C)(C)C)N1CCCC1C#N. The van der Waals surface area contributed by atoms with Crippen LogP contribution in [0.5, 0.6) is 0 Å². The van der Waals surface area contributed by atoms with E-state index in [1.807, 2.05) is 32.6 Å². The molecule has 1 N–H and O–H groups in total. The Labute approximate surface area is 157 Å². The van der Waals surface area contributed by atoms with Crippen molar-refractivity contribution in [1.82, 2.24) is 10.2 Å². The van der Waals surface area contributed by atoms with Crippen molar-refractivity contribution >= 4 is 11.9 Å². The number of amides is 1. The van der Waals surface area contributed by atoms with Crippen molar-refractivity contribution in [1.29, 1.82) is 5.26 Å². The van der Waals surface area contributed by atoms with Crippen LogP contribution in [0.2, 0.25) is 0 Å². The Morgan fingerprint density at radius 2 is 2.04 bits per heavy atom. The smallest absolute Gasteiger partial charge is 0.324 e. The maximum absolute atomic E-state index is 13.1. The van der Waals surface area contributed by atoms with E-state index in [1.54, 1.807) is 0 Å². The summed E-state index contributed by atoms with van der Waals surface area (Å²) in [5.74, 6) is -0.901. The number of esters is 1. The number of methoxy groups -OCH3 is 1. The van der Waals surface area contributed by atoms with Gasteiger partial charge >= 0.3 is 5.97 Å². The minimum atomic E-state index is -0.641. The summed E-state index contributed by atoms with van der Waals surface area (Å²) in [5, 5.41) is 12.3. The van der Waals surface area contributed by atoms with Gasteiger partial charge < -0.3 is 14.8 Å². The van der Waals surface area contributed by atoms with Gasteiger partial charge in [0.05, 0.1) is 12.1 Å². The van der Waals surface area contributed by atoms with E-state index >= 15 is 0 Å². The van der Waals surface area contributed by atoms with Crippen molar-refractivity contribution in [2.24, 2.45) is 5.92 Å². The number of nitriles is 1. The van der Waals surface area contributed by atoms with E-state index in [2.05, 4.69) is 11.4 Å². The summed E-state index contributed by atoms with van der Waals surface area (Å²) in [7, 11) is 1.52. The van der Waals surface area contributed by atoms with Crippen molar-refractivity contribution in [3.8, 4) is 6.07 Å². The van der Waals surface area contributed by atoms with Gasteiger partial charge in [-0.05, 0) is 40.0 Å². The molecular formula is C19H33N3O4. The van der Waals surface area contributed by atoms with Gasteiger partial charge in [0.2, 0.25) is 5.91 Å². The van der Waals surface area contributed by atoms with Crippen LogP contribution in [0, 0.1) is 17.2 Å². The Morgan fingerprint density at radius 1 is 1.38 bits per heavy atom. The zero-order chi connectivity index (χ0) is 19.9. The zero-order valence-electron chi connectivity index (χ0n) is 16.9. The molecular weight excluding hydrogens is 334 g/mol. The molecule has 1 aliphatic heterocycles. The van der Waals surface area contributed by atoms with Crippen molar-refractivity contribution in [2.75, 3.05) is 13.7 Å². The quantitative estimate of drug-likeness (QED) is 0.522. The molecule has 26 heavy (non-hydrogen) atoms. The number of rotatable bonds is 8. The van der Waals surface area contributed by atoms with Crippen molar-refractivity contribution in [3.63, 3.8) is 0 Å². The fraction of sp³-hybridized carbons (Fsp3) is 0.842. The summed E-state index contributed by atoms with van der Waals surface area (Å²) < 4.78 is 11.2. The maximum atomic E-state index is 13.1. The van der Waals surface area contributed by atoms with Crippen molar-refractivity contribution < 1.29 is 19.1 Å².